The fourth-order valence-corrected chi connectivity index (χ4v) is 1.73. The first-order valence-corrected chi connectivity index (χ1v) is 5.53. The predicted molar refractivity (Wildman–Crippen MR) is 71.1 cm³/mol. The summed E-state index contributed by atoms with van der Waals surface area (Å²) in [4.78, 5) is 0. The van der Waals surface area contributed by atoms with Gasteiger partial charge < -0.3 is 5.73 Å². The smallest absolute Gasteiger partial charge is 0.120 e. The first-order valence-electron chi connectivity index (χ1n) is 5.53. The molecule has 1 heterocycles. The quantitative estimate of drug-likeness (QED) is 0.528. The lowest BCUT2D eigenvalue weighted by molar-refractivity contribution is 1.12. The van der Waals surface area contributed by atoms with Crippen LogP contribution in [0.25, 0.3) is 10.9 Å². The molecule has 0 aliphatic heterocycles. The number of benzene rings is 2. The van der Waals surface area contributed by atoms with Gasteiger partial charge >= 0.3 is 0 Å². The topological polar surface area (TPSA) is 79.4 Å². The molecule has 0 unspecified atom stereocenters. The molecule has 0 atom stereocenters. The minimum absolute atomic E-state index is 0.587. The van der Waals surface area contributed by atoms with Crippen LogP contribution in [0.2, 0.25) is 0 Å². The second kappa shape index (κ2) is 4.29. The van der Waals surface area contributed by atoms with E-state index in [0.717, 1.165) is 16.6 Å². The second-order valence-corrected chi connectivity index (χ2v) is 3.87. The Morgan fingerprint density at radius 3 is 2.67 bits per heavy atom. The monoisotopic (exact) mass is 237 g/mol. The van der Waals surface area contributed by atoms with Gasteiger partial charge in [0.05, 0.1) is 23.1 Å². The van der Waals surface area contributed by atoms with Gasteiger partial charge in [-0.3, -0.25) is 5.10 Å². The van der Waals surface area contributed by atoms with Gasteiger partial charge in [-0.2, -0.15) is 10.2 Å². The third kappa shape index (κ3) is 1.82. The minimum Gasteiger partial charge on any atom is -0.397 e. The highest BCUT2D eigenvalue weighted by Gasteiger charge is 2.05. The molecule has 18 heavy (non-hydrogen) atoms. The molecular formula is C13H11N5. The minimum atomic E-state index is 0.587. The van der Waals surface area contributed by atoms with Gasteiger partial charge in [0.2, 0.25) is 0 Å². The van der Waals surface area contributed by atoms with E-state index in [9.17, 15) is 0 Å². The Balaban J connectivity index is 2.07. The van der Waals surface area contributed by atoms with Gasteiger partial charge in [-0.25, -0.2) is 0 Å². The summed E-state index contributed by atoms with van der Waals surface area (Å²) in [5.74, 6) is 0. The summed E-state index contributed by atoms with van der Waals surface area (Å²) in [6, 6.07) is 13.2. The molecule has 1 aromatic heterocycles. The van der Waals surface area contributed by atoms with E-state index in [4.69, 9.17) is 5.73 Å². The zero-order valence-electron chi connectivity index (χ0n) is 9.54. The zero-order chi connectivity index (χ0) is 12.4. The number of nitrogens with zero attached hydrogens (tertiary/aromatic N) is 3. The van der Waals surface area contributed by atoms with Gasteiger partial charge in [0, 0.05) is 5.39 Å². The molecule has 3 aromatic rings. The average molecular weight is 237 g/mol. The molecule has 0 aliphatic carbocycles. The van der Waals surface area contributed by atoms with Crippen LogP contribution >= 0.6 is 0 Å². The number of anilines is 1. The number of nitrogens with one attached hydrogen (secondary N) is 1. The number of fused-ring (bicyclic) bond motifs is 1. The van der Waals surface area contributed by atoms with Crippen LogP contribution in [-0.2, 0) is 0 Å². The van der Waals surface area contributed by atoms with Crippen LogP contribution in [0.5, 0.6) is 0 Å². The normalized spacial score (nSPS) is 11.3. The first-order chi connectivity index (χ1) is 8.84. The van der Waals surface area contributed by atoms with Crippen LogP contribution in [0, 0.1) is 0 Å². The number of aromatic nitrogens is 2. The Morgan fingerprint density at radius 2 is 1.83 bits per heavy atom. The van der Waals surface area contributed by atoms with Gasteiger partial charge in [0.1, 0.15) is 5.69 Å². The lowest BCUT2D eigenvalue weighted by Crippen LogP contribution is -1.84. The van der Waals surface area contributed by atoms with E-state index in [1.807, 2.05) is 36.4 Å². The summed E-state index contributed by atoms with van der Waals surface area (Å²) in [5.41, 5.74) is 8.83. The van der Waals surface area contributed by atoms with Crippen LogP contribution in [0.15, 0.2) is 58.9 Å². The Labute approximate surface area is 103 Å². The van der Waals surface area contributed by atoms with E-state index in [1.165, 1.54) is 0 Å². The van der Waals surface area contributed by atoms with E-state index in [0.29, 0.717) is 11.4 Å². The van der Waals surface area contributed by atoms with E-state index in [1.54, 1.807) is 12.3 Å². The first kappa shape index (κ1) is 10.5. The third-order valence-corrected chi connectivity index (χ3v) is 2.65. The molecular weight excluding hydrogens is 226 g/mol. The Morgan fingerprint density at radius 1 is 1.00 bits per heavy atom. The molecule has 88 valence electrons. The molecule has 0 amide bonds. The summed E-state index contributed by atoms with van der Waals surface area (Å²) in [5, 5.41) is 16.1. The molecule has 0 bridgehead atoms. The molecule has 0 aliphatic rings. The van der Waals surface area contributed by atoms with Crippen molar-refractivity contribution in [2.24, 2.45) is 10.2 Å². The van der Waals surface area contributed by atoms with Gasteiger partial charge in [0.25, 0.3) is 0 Å². The standard InChI is InChI=1S/C13H11N5/c14-11-6-7-12-10(8-15-17-12)13(11)18-16-9-4-2-1-3-5-9/h1-8H,14H2,(H,15,17). The van der Waals surface area contributed by atoms with Crippen molar-refractivity contribution in [3.8, 4) is 0 Å². The molecule has 2 aromatic carbocycles. The third-order valence-electron chi connectivity index (χ3n) is 2.65. The fraction of sp³-hybridized carbons (Fsp3) is 0. The molecule has 0 saturated carbocycles. The van der Waals surface area contributed by atoms with Crippen LogP contribution in [-0.4, -0.2) is 10.2 Å². The highest BCUT2D eigenvalue weighted by Crippen LogP contribution is 2.32. The Hall–Kier alpha value is -2.69. The van der Waals surface area contributed by atoms with Crippen molar-refractivity contribution in [1.29, 1.82) is 0 Å². The summed E-state index contributed by atoms with van der Waals surface area (Å²) >= 11 is 0. The molecule has 0 spiro atoms. The number of aromatic amines is 1. The van der Waals surface area contributed by atoms with Crippen molar-refractivity contribution >= 4 is 28.0 Å². The molecule has 3 N–H and O–H groups in total. The van der Waals surface area contributed by atoms with E-state index in [-0.39, 0.29) is 0 Å². The Bertz CT molecular complexity index is 700. The van der Waals surface area contributed by atoms with Gasteiger partial charge in [0.15, 0.2) is 0 Å². The lowest BCUT2D eigenvalue weighted by Gasteiger charge is -1.99. The van der Waals surface area contributed by atoms with Gasteiger partial charge in [-0.05, 0) is 24.3 Å². The van der Waals surface area contributed by atoms with Crippen molar-refractivity contribution in [3.63, 3.8) is 0 Å². The van der Waals surface area contributed by atoms with Crippen LogP contribution in [0.3, 0.4) is 0 Å². The van der Waals surface area contributed by atoms with Crippen molar-refractivity contribution in [3.05, 3.63) is 48.7 Å². The number of hydrogen-bond donors (Lipinski definition) is 2. The molecule has 0 saturated heterocycles. The van der Waals surface area contributed by atoms with E-state index < -0.39 is 0 Å². The van der Waals surface area contributed by atoms with Crippen molar-refractivity contribution in [2.45, 2.75) is 0 Å². The number of rotatable bonds is 2. The average Bonchev–Trinajstić information content (AvgIpc) is 2.87. The predicted octanol–water partition coefficient (Wildman–Crippen LogP) is 3.56. The lowest BCUT2D eigenvalue weighted by atomic mass is 10.2. The number of nitrogens with two attached hydrogens (primary N) is 1. The molecule has 0 radical (unpaired) electrons. The SMILES string of the molecule is Nc1ccc2[nH]ncc2c1N=Nc1ccccc1. The van der Waals surface area contributed by atoms with Crippen LogP contribution < -0.4 is 5.73 Å². The van der Waals surface area contributed by atoms with Gasteiger partial charge in [-0.1, -0.05) is 18.2 Å². The zero-order valence-corrected chi connectivity index (χ0v) is 9.54. The fourth-order valence-electron chi connectivity index (χ4n) is 1.73. The molecule has 5 heteroatoms. The molecule has 5 nitrogen and oxygen atoms in total. The molecule has 3 rings (SSSR count). The van der Waals surface area contributed by atoms with E-state index >= 15 is 0 Å². The summed E-state index contributed by atoms with van der Waals surface area (Å²) in [7, 11) is 0. The summed E-state index contributed by atoms with van der Waals surface area (Å²) in [6.07, 6.45) is 1.70. The van der Waals surface area contributed by atoms with Gasteiger partial charge in [-0.15, -0.1) is 5.11 Å². The maximum atomic E-state index is 5.91. The van der Waals surface area contributed by atoms with Crippen molar-refractivity contribution in [1.82, 2.24) is 10.2 Å². The number of nitrogen functional groups attached to an aromatic ring is 1. The Kier molecular flexibility index (Phi) is 2.49. The largest absolute Gasteiger partial charge is 0.397 e. The van der Waals surface area contributed by atoms with E-state index in [2.05, 4.69) is 20.4 Å². The maximum absolute atomic E-state index is 5.91. The summed E-state index contributed by atoms with van der Waals surface area (Å²) in [6.45, 7) is 0. The van der Waals surface area contributed by atoms with Crippen LogP contribution in [0.4, 0.5) is 17.1 Å². The number of azo groups is 1. The number of hydrogen-bond acceptors (Lipinski definition) is 4. The maximum Gasteiger partial charge on any atom is 0.120 e. The summed E-state index contributed by atoms with van der Waals surface area (Å²) < 4.78 is 0. The van der Waals surface area contributed by atoms with Crippen molar-refractivity contribution < 1.29 is 0 Å². The second-order valence-electron chi connectivity index (χ2n) is 3.87. The number of H-pyrrole nitrogens is 1. The highest BCUT2D eigenvalue weighted by molar-refractivity contribution is 5.95. The molecule has 0 fully saturated rings. The van der Waals surface area contributed by atoms with Crippen molar-refractivity contribution in [2.75, 3.05) is 5.73 Å². The van der Waals surface area contributed by atoms with Crippen LogP contribution in [0.1, 0.15) is 0 Å². The highest BCUT2D eigenvalue weighted by atomic mass is 15.1.